The summed E-state index contributed by atoms with van der Waals surface area (Å²) >= 11 is 11.9. The Kier molecular flexibility index (Phi) is 5.74. The highest BCUT2D eigenvalue weighted by molar-refractivity contribution is 6.31. The van der Waals surface area contributed by atoms with Crippen molar-refractivity contribution in [3.05, 3.63) is 69.2 Å². The van der Waals surface area contributed by atoms with Crippen LogP contribution in [-0.2, 0) is 5.41 Å². The van der Waals surface area contributed by atoms with Gasteiger partial charge >= 0.3 is 0 Å². The molecule has 6 heteroatoms. The van der Waals surface area contributed by atoms with Crippen LogP contribution in [0.1, 0.15) is 44.2 Å². The van der Waals surface area contributed by atoms with Crippen molar-refractivity contribution in [3.63, 3.8) is 0 Å². The molecule has 2 nitrogen and oxygen atoms in total. The Balaban J connectivity index is 2.25. The first-order valence-corrected chi connectivity index (χ1v) is 9.90. The summed E-state index contributed by atoms with van der Waals surface area (Å²) in [4.78, 5) is 0. The number of hydrogen-bond acceptors (Lipinski definition) is 2. The maximum Gasteiger partial charge on any atom is 0.145 e. The first kappa shape index (κ1) is 21.0. The van der Waals surface area contributed by atoms with Gasteiger partial charge in [0, 0.05) is 29.1 Å². The highest BCUT2D eigenvalue weighted by Crippen LogP contribution is 2.50. The van der Waals surface area contributed by atoms with Crippen molar-refractivity contribution in [2.75, 3.05) is 6.54 Å². The summed E-state index contributed by atoms with van der Waals surface area (Å²) in [5.41, 5.74) is -0.881. The van der Waals surface area contributed by atoms with E-state index in [4.69, 9.17) is 23.2 Å². The van der Waals surface area contributed by atoms with Gasteiger partial charge in [0.15, 0.2) is 0 Å². The monoisotopic (exact) mass is 422 g/mol. The average Bonchev–Trinajstić information content (AvgIpc) is 2.94. The minimum absolute atomic E-state index is 0.0137. The second-order valence-electron chi connectivity index (χ2n) is 8.53. The van der Waals surface area contributed by atoms with Crippen molar-refractivity contribution in [1.82, 2.24) is 5.32 Å². The largest absolute Gasteiger partial charge is 0.311 e. The Morgan fingerprint density at radius 1 is 1.21 bits per heavy atom. The summed E-state index contributed by atoms with van der Waals surface area (Å²) in [6.07, 6.45) is 0.612. The molecule has 0 aromatic heterocycles. The van der Waals surface area contributed by atoms with Crippen molar-refractivity contribution in [3.8, 4) is 6.07 Å². The molecule has 2 aromatic rings. The number of nitrogens with one attached hydrogen (secondary N) is 1. The van der Waals surface area contributed by atoms with Crippen LogP contribution in [0, 0.1) is 28.4 Å². The molecule has 0 aliphatic carbocycles. The molecule has 0 bridgehead atoms. The zero-order valence-electron chi connectivity index (χ0n) is 16.0. The smallest absolute Gasteiger partial charge is 0.145 e. The van der Waals surface area contributed by atoms with Crippen molar-refractivity contribution in [1.29, 1.82) is 5.26 Å². The number of benzene rings is 2. The van der Waals surface area contributed by atoms with Crippen LogP contribution < -0.4 is 5.32 Å². The van der Waals surface area contributed by atoms with E-state index in [1.165, 1.54) is 12.1 Å². The molecule has 1 heterocycles. The summed E-state index contributed by atoms with van der Waals surface area (Å²) in [6, 6.07) is 11.0. The normalized spacial score (nSPS) is 24.9. The molecule has 148 valence electrons. The highest BCUT2D eigenvalue weighted by atomic mass is 35.5. The molecule has 1 fully saturated rings. The molecule has 28 heavy (non-hydrogen) atoms. The van der Waals surface area contributed by atoms with Gasteiger partial charge in [0.2, 0.25) is 0 Å². The standard InChI is InChI=1S/C22H22Cl2F2N2/c1-21(2,3)10-19-22(12-27,15-8-7-13(23)9-18(15)25)16(11-28-19)14-5-4-6-17(24)20(14)26/h4-9,16,19,28H,10-11H2,1-3H3/t16?,19?,22-/m1/s1. The Morgan fingerprint density at radius 2 is 1.93 bits per heavy atom. The Morgan fingerprint density at radius 3 is 2.54 bits per heavy atom. The Bertz CT molecular complexity index is 933. The fourth-order valence-electron chi connectivity index (χ4n) is 4.23. The van der Waals surface area contributed by atoms with Crippen LogP contribution in [0.3, 0.4) is 0 Å². The van der Waals surface area contributed by atoms with Crippen LogP contribution in [-0.4, -0.2) is 12.6 Å². The molecule has 3 rings (SSSR count). The number of nitrogens with zero attached hydrogens (tertiary/aromatic N) is 1. The third kappa shape index (κ3) is 3.64. The molecule has 3 atom stereocenters. The molecule has 0 amide bonds. The number of halogens is 4. The van der Waals surface area contributed by atoms with E-state index in [-0.39, 0.29) is 27.1 Å². The summed E-state index contributed by atoms with van der Waals surface area (Å²) in [6.45, 7) is 6.51. The van der Waals surface area contributed by atoms with Crippen molar-refractivity contribution < 1.29 is 8.78 Å². The molecule has 1 aliphatic rings. The molecule has 1 N–H and O–H groups in total. The maximum atomic E-state index is 15.0. The zero-order valence-corrected chi connectivity index (χ0v) is 17.5. The summed E-state index contributed by atoms with van der Waals surface area (Å²) < 4.78 is 29.9. The Labute approximate surface area is 174 Å². The van der Waals surface area contributed by atoms with E-state index >= 15 is 4.39 Å². The van der Waals surface area contributed by atoms with Crippen LogP contribution in [0.5, 0.6) is 0 Å². The summed E-state index contributed by atoms with van der Waals surface area (Å²) in [5.74, 6) is -1.73. The Hall–Kier alpha value is -1.67. The first-order chi connectivity index (χ1) is 13.1. The van der Waals surface area contributed by atoms with E-state index in [2.05, 4.69) is 32.2 Å². The molecular weight excluding hydrogens is 401 g/mol. The third-order valence-electron chi connectivity index (χ3n) is 5.40. The number of nitriles is 1. The minimum Gasteiger partial charge on any atom is -0.311 e. The van der Waals surface area contributed by atoms with Gasteiger partial charge in [-0.2, -0.15) is 5.26 Å². The van der Waals surface area contributed by atoms with Crippen LogP contribution in [0.4, 0.5) is 8.78 Å². The van der Waals surface area contributed by atoms with Crippen molar-refractivity contribution in [2.24, 2.45) is 5.41 Å². The lowest BCUT2D eigenvalue weighted by Crippen LogP contribution is -2.44. The van der Waals surface area contributed by atoms with Crippen LogP contribution in [0.25, 0.3) is 0 Å². The molecular formula is C22H22Cl2F2N2. The maximum absolute atomic E-state index is 15.0. The van der Waals surface area contributed by atoms with Gasteiger partial charge in [-0.05, 0) is 35.6 Å². The van der Waals surface area contributed by atoms with Gasteiger partial charge in [-0.3, -0.25) is 0 Å². The lowest BCUT2D eigenvalue weighted by atomic mass is 9.64. The molecule has 1 aliphatic heterocycles. The average molecular weight is 423 g/mol. The van der Waals surface area contributed by atoms with Gasteiger partial charge in [0.1, 0.15) is 17.0 Å². The molecule has 0 spiro atoms. The minimum atomic E-state index is -1.30. The van der Waals surface area contributed by atoms with Gasteiger partial charge in [-0.1, -0.05) is 62.2 Å². The van der Waals surface area contributed by atoms with Gasteiger partial charge < -0.3 is 5.32 Å². The van der Waals surface area contributed by atoms with E-state index in [0.717, 1.165) is 0 Å². The highest BCUT2D eigenvalue weighted by Gasteiger charge is 2.55. The van der Waals surface area contributed by atoms with Crippen LogP contribution in [0.15, 0.2) is 36.4 Å². The molecule has 1 saturated heterocycles. The first-order valence-electron chi connectivity index (χ1n) is 9.14. The topological polar surface area (TPSA) is 35.8 Å². The predicted octanol–water partition coefficient (Wildman–Crippen LogP) is 6.22. The van der Waals surface area contributed by atoms with E-state index in [1.807, 2.05) is 0 Å². The second-order valence-corrected chi connectivity index (χ2v) is 9.37. The fraction of sp³-hybridized carbons (Fsp3) is 0.409. The van der Waals surface area contributed by atoms with Crippen LogP contribution >= 0.6 is 23.2 Å². The molecule has 2 unspecified atom stereocenters. The van der Waals surface area contributed by atoms with Crippen molar-refractivity contribution in [2.45, 2.75) is 44.6 Å². The summed E-state index contributed by atoms with van der Waals surface area (Å²) in [5, 5.41) is 14.0. The van der Waals surface area contributed by atoms with Gasteiger partial charge in [-0.15, -0.1) is 0 Å². The number of rotatable bonds is 3. The van der Waals surface area contributed by atoms with E-state index in [0.29, 0.717) is 18.5 Å². The van der Waals surface area contributed by atoms with E-state index in [9.17, 15) is 9.65 Å². The SMILES string of the molecule is CC(C)(C)CC1NCC(c2cccc(Cl)c2F)[C@@]1(C#N)c1ccc(Cl)cc1F. The van der Waals surface area contributed by atoms with Gasteiger partial charge in [0.25, 0.3) is 0 Å². The quantitative estimate of drug-likeness (QED) is 0.636. The zero-order chi connectivity index (χ0) is 20.7. The lowest BCUT2D eigenvalue weighted by Gasteiger charge is -2.37. The third-order valence-corrected chi connectivity index (χ3v) is 5.93. The predicted molar refractivity (Wildman–Crippen MR) is 109 cm³/mol. The van der Waals surface area contributed by atoms with E-state index in [1.54, 1.807) is 24.3 Å². The fourth-order valence-corrected chi connectivity index (χ4v) is 4.57. The molecule has 2 aromatic carbocycles. The number of hydrogen-bond donors (Lipinski definition) is 1. The van der Waals surface area contributed by atoms with Gasteiger partial charge in [-0.25, -0.2) is 8.78 Å². The molecule has 0 saturated carbocycles. The van der Waals surface area contributed by atoms with Crippen LogP contribution in [0.2, 0.25) is 10.0 Å². The van der Waals surface area contributed by atoms with E-state index < -0.39 is 23.0 Å². The van der Waals surface area contributed by atoms with Gasteiger partial charge in [0.05, 0.1) is 11.1 Å². The summed E-state index contributed by atoms with van der Waals surface area (Å²) in [7, 11) is 0. The van der Waals surface area contributed by atoms with Crippen molar-refractivity contribution >= 4 is 23.2 Å². The molecule has 0 radical (unpaired) electrons. The lowest BCUT2D eigenvalue weighted by molar-refractivity contribution is 0.278. The second kappa shape index (κ2) is 7.63.